The predicted molar refractivity (Wildman–Crippen MR) is 62.0 cm³/mol. The van der Waals surface area contributed by atoms with Crippen molar-refractivity contribution in [2.45, 2.75) is 38.6 Å². The number of hydrogen-bond acceptors (Lipinski definition) is 3. The Morgan fingerprint density at radius 1 is 1.69 bits per heavy atom. The van der Waals surface area contributed by atoms with E-state index in [0.29, 0.717) is 17.6 Å². The summed E-state index contributed by atoms with van der Waals surface area (Å²) in [7, 11) is 0. The third kappa shape index (κ3) is 2.35. The van der Waals surface area contributed by atoms with Gasteiger partial charge in [0.15, 0.2) is 0 Å². The molecule has 1 amide bonds. The van der Waals surface area contributed by atoms with Crippen LogP contribution in [-0.4, -0.2) is 33.6 Å². The Balaban J connectivity index is 2.04. The minimum atomic E-state index is 0.0279. The molecule has 1 aromatic rings. The van der Waals surface area contributed by atoms with Gasteiger partial charge in [0, 0.05) is 18.7 Å². The summed E-state index contributed by atoms with van der Waals surface area (Å²) < 4.78 is 0. The molecule has 1 fully saturated rings. The third-order valence-electron chi connectivity index (χ3n) is 2.83. The fourth-order valence-corrected chi connectivity index (χ4v) is 1.77. The van der Waals surface area contributed by atoms with E-state index < -0.39 is 0 Å². The largest absolute Gasteiger partial charge is 0.382 e. The Kier molecular flexibility index (Phi) is 3.12. The molecular weight excluding hydrogens is 204 g/mol. The molecule has 1 aliphatic carbocycles. The molecule has 1 heterocycles. The van der Waals surface area contributed by atoms with E-state index in [1.165, 1.54) is 0 Å². The molecule has 5 heteroatoms. The summed E-state index contributed by atoms with van der Waals surface area (Å²) >= 11 is 0. The van der Waals surface area contributed by atoms with Crippen LogP contribution in [0.3, 0.4) is 0 Å². The molecule has 88 valence electrons. The summed E-state index contributed by atoms with van der Waals surface area (Å²) in [6, 6.07) is 2.03. The van der Waals surface area contributed by atoms with Gasteiger partial charge in [-0.05, 0) is 19.3 Å². The van der Waals surface area contributed by atoms with Crippen LogP contribution in [0.1, 0.15) is 43.1 Å². The van der Waals surface area contributed by atoms with E-state index in [9.17, 15) is 4.79 Å². The zero-order chi connectivity index (χ0) is 11.5. The third-order valence-corrected chi connectivity index (χ3v) is 2.83. The SMILES string of the molecule is CCCCN(C(=O)c1cc(N)n[nH]1)C1CC1. The Labute approximate surface area is 95.0 Å². The molecule has 1 aliphatic rings. The van der Waals surface area contributed by atoms with E-state index in [2.05, 4.69) is 17.1 Å². The Hall–Kier alpha value is -1.52. The summed E-state index contributed by atoms with van der Waals surface area (Å²) in [5.74, 6) is 0.398. The van der Waals surface area contributed by atoms with Gasteiger partial charge >= 0.3 is 0 Å². The summed E-state index contributed by atoms with van der Waals surface area (Å²) in [5, 5.41) is 6.46. The molecule has 16 heavy (non-hydrogen) atoms. The van der Waals surface area contributed by atoms with Crippen molar-refractivity contribution in [3.05, 3.63) is 11.8 Å². The number of amides is 1. The number of rotatable bonds is 5. The molecule has 3 N–H and O–H groups in total. The van der Waals surface area contributed by atoms with Crippen molar-refractivity contribution in [2.24, 2.45) is 0 Å². The maximum Gasteiger partial charge on any atom is 0.272 e. The summed E-state index contributed by atoms with van der Waals surface area (Å²) in [4.78, 5) is 14.1. The Morgan fingerprint density at radius 2 is 2.44 bits per heavy atom. The van der Waals surface area contributed by atoms with E-state index in [1.54, 1.807) is 6.07 Å². The molecular formula is C11H18N4O. The van der Waals surface area contributed by atoms with Crippen LogP contribution in [0, 0.1) is 0 Å². The molecule has 0 radical (unpaired) electrons. The van der Waals surface area contributed by atoms with Crippen molar-refractivity contribution >= 4 is 11.7 Å². The highest BCUT2D eigenvalue weighted by Crippen LogP contribution is 2.28. The Bertz CT molecular complexity index is 370. The normalized spacial score (nSPS) is 15.1. The van der Waals surface area contributed by atoms with Crippen molar-refractivity contribution in [3.8, 4) is 0 Å². The van der Waals surface area contributed by atoms with E-state index in [0.717, 1.165) is 32.2 Å². The predicted octanol–water partition coefficient (Wildman–Crippen LogP) is 1.40. The number of aromatic nitrogens is 2. The fraction of sp³-hybridized carbons (Fsp3) is 0.636. The topological polar surface area (TPSA) is 75.0 Å². The standard InChI is InChI=1S/C11H18N4O/c1-2-3-6-15(8-4-5-8)11(16)9-7-10(12)14-13-9/h7-8H,2-6H2,1H3,(H3,12,13,14). The van der Waals surface area contributed by atoms with Gasteiger partial charge in [-0.25, -0.2) is 0 Å². The molecule has 0 bridgehead atoms. The van der Waals surface area contributed by atoms with Gasteiger partial charge in [-0.2, -0.15) is 5.10 Å². The second-order valence-corrected chi connectivity index (χ2v) is 4.29. The molecule has 0 atom stereocenters. The van der Waals surface area contributed by atoms with Crippen molar-refractivity contribution in [2.75, 3.05) is 12.3 Å². The molecule has 0 spiro atoms. The van der Waals surface area contributed by atoms with Crippen molar-refractivity contribution in [1.29, 1.82) is 0 Å². The first-order chi connectivity index (χ1) is 7.72. The minimum Gasteiger partial charge on any atom is -0.382 e. The van der Waals surface area contributed by atoms with Crippen LogP contribution in [0.2, 0.25) is 0 Å². The zero-order valence-corrected chi connectivity index (χ0v) is 9.57. The first-order valence-corrected chi connectivity index (χ1v) is 5.84. The number of nitrogens with two attached hydrogens (primary N) is 1. The van der Waals surface area contributed by atoms with Gasteiger partial charge in [-0.3, -0.25) is 9.89 Å². The monoisotopic (exact) mass is 222 g/mol. The number of nitrogen functional groups attached to an aromatic ring is 1. The number of hydrogen-bond donors (Lipinski definition) is 2. The lowest BCUT2D eigenvalue weighted by atomic mass is 10.2. The number of aromatic amines is 1. The average Bonchev–Trinajstić information content (AvgIpc) is 3.01. The van der Waals surface area contributed by atoms with Crippen molar-refractivity contribution in [3.63, 3.8) is 0 Å². The molecule has 1 saturated carbocycles. The maximum absolute atomic E-state index is 12.1. The van der Waals surface area contributed by atoms with Crippen LogP contribution < -0.4 is 5.73 Å². The van der Waals surface area contributed by atoms with Gasteiger partial charge < -0.3 is 10.6 Å². The van der Waals surface area contributed by atoms with Crippen molar-refractivity contribution in [1.82, 2.24) is 15.1 Å². The second kappa shape index (κ2) is 4.55. The van der Waals surface area contributed by atoms with Crippen LogP contribution in [0.5, 0.6) is 0 Å². The first kappa shape index (κ1) is 11.0. The first-order valence-electron chi connectivity index (χ1n) is 5.84. The van der Waals surface area contributed by atoms with Gasteiger partial charge in [0.2, 0.25) is 0 Å². The van der Waals surface area contributed by atoms with E-state index in [-0.39, 0.29) is 5.91 Å². The molecule has 0 aromatic carbocycles. The number of carbonyl (C=O) groups excluding carboxylic acids is 1. The lowest BCUT2D eigenvalue weighted by Gasteiger charge is -2.21. The van der Waals surface area contributed by atoms with Gasteiger partial charge in [0.25, 0.3) is 5.91 Å². The van der Waals surface area contributed by atoms with Crippen LogP contribution >= 0.6 is 0 Å². The van der Waals surface area contributed by atoms with Crippen molar-refractivity contribution < 1.29 is 4.79 Å². The maximum atomic E-state index is 12.1. The van der Waals surface area contributed by atoms with Gasteiger partial charge in [-0.1, -0.05) is 13.3 Å². The number of nitrogens with one attached hydrogen (secondary N) is 1. The van der Waals surface area contributed by atoms with Gasteiger partial charge in [0.05, 0.1) is 0 Å². The fourth-order valence-electron chi connectivity index (χ4n) is 1.77. The summed E-state index contributed by atoms with van der Waals surface area (Å²) in [5.41, 5.74) is 6.00. The van der Waals surface area contributed by atoms with E-state index in [1.807, 2.05) is 4.90 Å². The smallest absolute Gasteiger partial charge is 0.272 e. The molecule has 2 rings (SSSR count). The molecule has 0 saturated heterocycles. The highest BCUT2D eigenvalue weighted by molar-refractivity contribution is 5.93. The molecule has 0 unspecified atom stereocenters. The quantitative estimate of drug-likeness (QED) is 0.790. The van der Waals surface area contributed by atoms with Crippen LogP contribution in [0.4, 0.5) is 5.82 Å². The molecule has 1 aromatic heterocycles. The average molecular weight is 222 g/mol. The lowest BCUT2D eigenvalue weighted by Crippen LogP contribution is -2.34. The molecule has 0 aliphatic heterocycles. The van der Waals surface area contributed by atoms with E-state index >= 15 is 0 Å². The highest BCUT2D eigenvalue weighted by atomic mass is 16.2. The molecule has 5 nitrogen and oxygen atoms in total. The number of unbranched alkanes of at least 4 members (excludes halogenated alkanes) is 1. The minimum absolute atomic E-state index is 0.0279. The van der Waals surface area contributed by atoms with E-state index in [4.69, 9.17) is 5.73 Å². The number of nitrogens with zero attached hydrogens (tertiary/aromatic N) is 2. The second-order valence-electron chi connectivity index (χ2n) is 4.29. The van der Waals surface area contributed by atoms with Gasteiger partial charge in [0.1, 0.15) is 11.5 Å². The van der Waals surface area contributed by atoms with Crippen LogP contribution in [-0.2, 0) is 0 Å². The Morgan fingerprint density at radius 3 is 2.94 bits per heavy atom. The number of anilines is 1. The van der Waals surface area contributed by atoms with Gasteiger partial charge in [-0.15, -0.1) is 0 Å². The summed E-state index contributed by atoms with van der Waals surface area (Å²) in [6.07, 6.45) is 4.39. The number of carbonyl (C=O) groups is 1. The lowest BCUT2D eigenvalue weighted by molar-refractivity contribution is 0.0735. The van der Waals surface area contributed by atoms with Crippen LogP contribution in [0.25, 0.3) is 0 Å². The summed E-state index contributed by atoms with van der Waals surface area (Å²) in [6.45, 7) is 2.96. The highest BCUT2D eigenvalue weighted by Gasteiger charge is 2.33. The zero-order valence-electron chi connectivity index (χ0n) is 9.57. The van der Waals surface area contributed by atoms with Crippen LogP contribution in [0.15, 0.2) is 6.07 Å². The number of H-pyrrole nitrogens is 1.